The number of rotatable bonds is 5. The molecule has 0 fully saturated rings. The van der Waals surface area contributed by atoms with Crippen molar-refractivity contribution in [3.8, 4) is 0 Å². The van der Waals surface area contributed by atoms with Crippen molar-refractivity contribution in [2.75, 3.05) is 18.9 Å². The van der Waals surface area contributed by atoms with Crippen molar-refractivity contribution in [1.82, 2.24) is 0 Å². The topological polar surface area (TPSA) is 98.8 Å². The second-order valence-corrected chi connectivity index (χ2v) is 6.74. The molecule has 144 valence electrons. The molecule has 2 aromatic carbocycles. The molecule has 0 saturated carbocycles. The second-order valence-electron chi connectivity index (χ2n) is 5.06. The lowest BCUT2D eigenvalue weighted by molar-refractivity contribution is 0.0598. The van der Waals surface area contributed by atoms with E-state index in [4.69, 9.17) is 0 Å². The van der Waals surface area contributed by atoms with Crippen LogP contribution in [0.15, 0.2) is 35.2 Å². The quantitative estimate of drug-likeness (QED) is 0.608. The molecule has 0 amide bonds. The van der Waals surface area contributed by atoms with Crippen molar-refractivity contribution in [2.24, 2.45) is 0 Å². The third-order valence-electron chi connectivity index (χ3n) is 3.34. The highest BCUT2D eigenvalue weighted by Crippen LogP contribution is 2.24. The van der Waals surface area contributed by atoms with Gasteiger partial charge in [0.2, 0.25) is 0 Å². The molecule has 0 aliphatic heterocycles. The van der Waals surface area contributed by atoms with E-state index in [2.05, 4.69) is 9.47 Å². The first-order chi connectivity index (χ1) is 12.6. The maximum atomic E-state index is 13.7. The summed E-state index contributed by atoms with van der Waals surface area (Å²) in [5.41, 5.74) is -1.46. The van der Waals surface area contributed by atoms with Gasteiger partial charge in [0.1, 0.15) is 0 Å². The lowest BCUT2D eigenvalue weighted by Gasteiger charge is -2.12. The molecular weight excluding hydrogens is 391 g/mol. The van der Waals surface area contributed by atoms with Gasteiger partial charge in [-0.15, -0.1) is 0 Å². The average Bonchev–Trinajstić information content (AvgIpc) is 2.66. The molecule has 0 bridgehead atoms. The monoisotopic (exact) mass is 403 g/mol. The van der Waals surface area contributed by atoms with Crippen molar-refractivity contribution < 1.29 is 40.7 Å². The van der Waals surface area contributed by atoms with Crippen LogP contribution in [0.2, 0.25) is 0 Å². The van der Waals surface area contributed by atoms with E-state index in [1.165, 1.54) is 0 Å². The molecule has 0 saturated heterocycles. The third-order valence-corrected chi connectivity index (χ3v) is 4.68. The van der Waals surface area contributed by atoms with Gasteiger partial charge >= 0.3 is 11.9 Å². The highest BCUT2D eigenvalue weighted by atomic mass is 32.2. The fraction of sp³-hybridized carbons (Fsp3) is 0.125. The Morgan fingerprint density at radius 2 is 1.41 bits per heavy atom. The number of ether oxygens (including phenoxy) is 2. The molecule has 1 N–H and O–H groups in total. The summed E-state index contributed by atoms with van der Waals surface area (Å²) in [6.45, 7) is 0. The first kappa shape index (κ1) is 20.2. The third kappa shape index (κ3) is 4.19. The van der Waals surface area contributed by atoms with Gasteiger partial charge in [0.15, 0.2) is 17.5 Å². The Bertz CT molecular complexity index is 989. The first-order valence-electron chi connectivity index (χ1n) is 7.08. The molecule has 0 aliphatic rings. The standard InChI is InChI=1S/C16H12F3NO6S/c1-25-15(21)8-5-9(16(22)26-2)7-10(6-8)27(23,24)20-12-4-3-11(17)13(18)14(12)19/h3-7,20H,1-2H3. The van der Waals surface area contributed by atoms with Crippen molar-refractivity contribution in [2.45, 2.75) is 4.90 Å². The van der Waals surface area contributed by atoms with Gasteiger partial charge < -0.3 is 9.47 Å². The summed E-state index contributed by atoms with van der Waals surface area (Å²) in [6, 6.07) is 3.96. The lowest BCUT2D eigenvalue weighted by atomic mass is 10.1. The zero-order valence-electron chi connectivity index (χ0n) is 13.9. The fourth-order valence-electron chi connectivity index (χ4n) is 2.03. The van der Waals surface area contributed by atoms with Gasteiger partial charge in [0.25, 0.3) is 10.0 Å². The SMILES string of the molecule is COC(=O)c1cc(C(=O)OC)cc(S(=O)(=O)Nc2ccc(F)c(F)c2F)c1. The van der Waals surface area contributed by atoms with Gasteiger partial charge in [-0.2, -0.15) is 0 Å². The number of hydrogen-bond acceptors (Lipinski definition) is 6. The molecule has 2 aromatic rings. The van der Waals surface area contributed by atoms with E-state index in [0.29, 0.717) is 12.1 Å². The van der Waals surface area contributed by atoms with Gasteiger partial charge in [-0.05, 0) is 30.3 Å². The predicted molar refractivity (Wildman–Crippen MR) is 86.2 cm³/mol. The maximum Gasteiger partial charge on any atom is 0.337 e. The van der Waals surface area contributed by atoms with Crippen molar-refractivity contribution in [3.63, 3.8) is 0 Å². The number of sulfonamides is 1. The molecule has 7 nitrogen and oxygen atoms in total. The molecule has 0 unspecified atom stereocenters. The molecule has 0 atom stereocenters. The molecule has 27 heavy (non-hydrogen) atoms. The summed E-state index contributed by atoms with van der Waals surface area (Å²) in [5.74, 6) is -7.02. The summed E-state index contributed by atoms with van der Waals surface area (Å²) in [5, 5.41) is 0. The average molecular weight is 403 g/mol. The lowest BCUT2D eigenvalue weighted by Crippen LogP contribution is -2.17. The van der Waals surface area contributed by atoms with Crippen LogP contribution in [-0.4, -0.2) is 34.6 Å². The zero-order valence-corrected chi connectivity index (χ0v) is 14.7. The van der Waals surface area contributed by atoms with Crippen molar-refractivity contribution in [1.29, 1.82) is 0 Å². The van der Waals surface area contributed by atoms with Crippen LogP contribution < -0.4 is 4.72 Å². The largest absolute Gasteiger partial charge is 0.465 e. The molecular formula is C16H12F3NO6S. The first-order valence-corrected chi connectivity index (χ1v) is 8.57. The van der Waals surface area contributed by atoms with Crippen molar-refractivity contribution in [3.05, 3.63) is 58.9 Å². The Morgan fingerprint density at radius 3 is 1.89 bits per heavy atom. The van der Waals surface area contributed by atoms with E-state index in [1.807, 2.05) is 0 Å². The number of carbonyl (C=O) groups excluding carboxylic acids is 2. The van der Waals surface area contributed by atoms with Crippen LogP contribution in [0.1, 0.15) is 20.7 Å². The molecule has 0 radical (unpaired) electrons. The Labute approximate surface area is 151 Å². The maximum absolute atomic E-state index is 13.7. The number of carbonyl (C=O) groups is 2. The van der Waals surface area contributed by atoms with Crippen LogP contribution in [0, 0.1) is 17.5 Å². The normalized spacial score (nSPS) is 11.0. The van der Waals surface area contributed by atoms with Gasteiger partial charge in [0, 0.05) is 0 Å². The number of hydrogen-bond donors (Lipinski definition) is 1. The van der Waals surface area contributed by atoms with Crippen LogP contribution in [0.25, 0.3) is 0 Å². The molecule has 0 aromatic heterocycles. The minimum absolute atomic E-state index is 0.300. The van der Waals surface area contributed by atoms with E-state index < -0.39 is 50.0 Å². The molecule has 2 rings (SSSR count). The van der Waals surface area contributed by atoms with E-state index in [-0.39, 0.29) is 11.1 Å². The van der Waals surface area contributed by atoms with Crippen LogP contribution >= 0.6 is 0 Å². The van der Waals surface area contributed by atoms with Gasteiger partial charge in [-0.1, -0.05) is 0 Å². The van der Waals surface area contributed by atoms with Crippen molar-refractivity contribution >= 4 is 27.6 Å². The van der Waals surface area contributed by atoms with Crippen LogP contribution in [0.4, 0.5) is 18.9 Å². The van der Waals surface area contributed by atoms with Crippen LogP contribution in [0.3, 0.4) is 0 Å². The smallest absolute Gasteiger partial charge is 0.337 e. The molecule has 11 heteroatoms. The number of halogens is 3. The Hall–Kier alpha value is -3.08. The zero-order chi connectivity index (χ0) is 20.4. The summed E-state index contributed by atoms with van der Waals surface area (Å²) in [7, 11) is -2.51. The van der Waals surface area contributed by atoms with Gasteiger partial charge in [-0.25, -0.2) is 31.2 Å². The highest BCUT2D eigenvalue weighted by Gasteiger charge is 2.23. The molecule has 0 heterocycles. The minimum Gasteiger partial charge on any atom is -0.465 e. The Kier molecular flexibility index (Phi) is 5.74. The number of benzene rings is 2. The second kappa shape index (κ2) is 7.66. The summed E-state index contributed by atoms with van der Waals surface area (Å²) < 4.78 is 75.7. The van der Waals surface area contributed by atoms with E-state index in [1.54, 1.807) is 4.72 Å². The highest BCUT2D eigenvalue weighted by molar-refractivity contribution is 7.92. The molecule has 0 spiro atoms. The number of methoxy groups -OCH3 is 2. The summed E-state index contributed by atoms with van der Waals surface area (Å²) in [4.78, 5) is 22.8. The summed E-state index contributed by atoms with van der Waals surface area (Å²) in [6.07, 6.45) is 0. The van der Waals surface area contributed by atoms with Gasteiger partial charge in [-0.3, -0.25) is 4.72 Å². The van der Waals surface area contributed by atoms with E-state index >= 15 is 0 Å². The number of nitrogens with one attached hydrogen (secondary N) is 1. The number of esters is 2. The number of anilines is 1. The molecule has 0 aliphatic carbocycles. The van der Waals surface area contributed by atoms with E-state index in [0.717, 1.165) is 32.4 Å². The van der Waals surface area contributed by atoms with Crippen LogP contribution in [-0.2, 0) is 19.5 Å². The fourth-order valence-corrected chi connectivity index (χ4v) is 3.16. The van der Waals surface area contributed by atoms with Gasteiger partial charge in [0.05, 0.1) is 35.9 Å². The van der Waals surface area contributed by atoms with E-state index in [9.17, 15) is 31.2 Å². The Balaban J connectivity index is 2.56. The van der Waals surface area contributed by atoms with Crippen LogP contribution in [0.5, 0.6) is 0 Å². The minimum atomic E-state index is -4.59. The predicted octanol–water partition coefficient (Wildman–Crippen LogP) is 2.48. The summed E-state index contributed by atoms with van der Waals surface area (Å²) >= 11 is 0. The Morgan fingerprint density at radius 1 is 0.889 bits per heavy atom.